The molecular formula is C24H23N7S. The monoisotopic (exact) mass is 441 g/mol. The first-order chi connectivity index (χ1) is 15.5. The maximum Gasteiger partial charge on any atom is 0.229 e. The molecule has 0 amide bonds. The minimum Gasteiger partial charge on any atom is -0.331 e. The van der Waals surface area contributed by atoms with E-state index in [2.05, 4.69) is 35.9 Å². The number of fused-ring (bicyclic) bond motifs is 1. The van der Waals surface area contributed by atoms with Gasteiger partial charge in [-0.3, -0.25) is 10.3 Å². The van der Waals surface area contributed by atoms with Crippen molar-refractivity contribution in [3.8, 4) is 0 Å². The number of nitrogens with one attached hydrogen (secondary N) is 3. The molecule has 0 aliphatic rings. The van der Waals surface area contributed by atoms with E-state index in [9.17, 15) is 0 Å². The van der Waals surface area contributed by atoms with Gasteiger partial charge in [0.25, 0.3) is 0 Å². The van der Waals surface area contributed by atoms with Gasteiger partial charge >= 0.3 is 0 Å². The molecule has 3 N–H and O–H groups in total. The fourth-order valence-electron chi connectivity index (χ4n) is 3.21. The molecule has 0 aliphatic carbocycles. The van der Waals surface area contributed by atoms with Crippen LogP contribution in [0.3, 0.4) is 0 Å². The predicted molar refractivity (Wildman–Crippen MR) is 135 cm³/mol. The highest BCUT2D eigenvalue weighted by atomic mass is 32.1. The van der Waals surface area contributed by atoms with Gasteiger partial charge in [-0.1, -0.05) is 36.4 Å². The SMILES string of the molecule is Cc1cc(C)nc(N/C(=N\C(=S)Nc2ccccc2C)Nc2cnc3ccccc3c2)n1. The van der Waals surface area contributed by atoms with E-state index >= 15 is 0 Å². The van der Waals surface area contributed by atoms with Crippen LogP contribution in [-0.2, 0) is 0 Å². The van der Waals surface area contributed by atoms with Gasteiger partial charge in [-0.25, -0.2) is 9.97 Å². The van der Waals surface area contributed by atoms with Crippen molar-refractivity contribution in [3.05, 3.63) is 83.8 Å². The Balaban J connectivity index is 1.63. The third-order valence-corrected chi connectivity index (χ3v) is 4.86. The highest BCUT2D eigenvalue weighted by Gasteiger charge is 2.09. The summed E-state index contributed by atoms with van der Waals surface area (Å²) in [6.45, 7) is 5.85. The van der Waals surface area contributed by atoms with Crippen LogP contribution in [0.15, 0.2) is 71.9 Å². The van der Waals surface area contributed by atoms with Gasteiger partial charge in [0.05, 0.1) is 17.4 Å². The van der Waals surface area contributed by atoms with Gasteiger partial charge in [0.15, 0.2) is 0 Å². The highest BCUT2D eigenvalue weighted by molar-refractivity contribution is 7.80. The number of benzene rings is 2. The van der Waals surface area contributed by atoms with Crippen LogP contribution in [0.2, 0.25) is 0 Å². The van der Waals surface area contributed by atoms with Gasteiger partial charge in [-0.2, -0.15) is 4.99 Å². The zero-order valence-corrected chi connectivity index (χ0v) is 18.9. The first kappa shape index (κ1) is 21.3. The first-order valence-electron chi connectivity index (χ1n) is 10.1. The normalized spacial score (nSPS) is 11.3. The average molecular weight is 442 g/mol. The summed E-state index contributed by atoms with van der Waals surface area (Å²) in [4.78, 5) is 17.9. The molecule has 0 unspecified atom stereocenters. The minimum atomic E-state index is 0.299. The summed E-state index contributed by atoms with van der Waals surface area (Å²) in [6.07, 6.45) is 1.75. The molecule has 0 aliphatic heterocycles. The molecule has 0 saturated carbocycles. The summed E-state index contributed by atoms with van der Waals surface area (Å²) in [5, 5.41) is 10.9. The maximum absolute atomic E-state index is 5.50. The van der Waals surface area contributed by atoms with Crippen molar-refractivity contribution < 1.29 is 0 Å². The molecule has 0 saturated heterocycles. The van der Waals surface area contributed by atoms with Gasteiger partial charge in [-0.05, 0) is 62.8 Å². The molecule has 2 aromatic heterocycles. The summed E-state index contributed by atoms with van der Waals surface area (Å²) in [7, 11) is 0. The van der Waals surface area contributed by atoms with Gasteiger partial charge < -0.3 is 10.6 Å². The number of hydrogen-bond donors (Lipinski definition) is 3. The zero-order valence-electron chi connectivity index (χ0n) is 18.0. The molecule has 2 heterocycles. The number of pyridine rings is 1. The molecule has 0 bridgehead atoms. The summed E-state index contributed by atoms with van der Waals surface area (Å²) >= 11 is 5.50. The lowest BCUT2D eigenvalue weighted by molar-refractivity contribution is 1.06. The number of aliphatic imine (C=N–C) groups is 1. The van der Waals surface area contributed by atoms with Crippen molar-refractivity contribution in [2.75, 3.05) is 16.0 Å². The van der Waals surface area contributed by atoms with Crippen molar-refractivity contribution in [2.45, 2.75) is 20.8 Å². The Hall–Kier alpha value is -3.91. The van der Waals surface area contributed by atoms with Crippen molar-refractivity contribution in [1.29, 1.82) is 0 Å². The van der Waals surface area contributed by atoms with Crippen LogP contribution >= 0.6 is 12.2 Å². The third-order valence-electron chi connectivity index (χ3n) is 4.67. The molecule has 7 nitrogen and oxygen atoms in total. The molecule has 0 atom stereocenters. The number of thiocarbonyl (C=S) groups is 1. The van der Waals surface area contributed by atoms with E-state index < -0.39 is 0 Å². The van der Waals surface area contributed by atoms with Gasteiger partial charge in [0.2, 0.25) is 17.0 Å². The van der Waals surface area contributed by atoms with E-state index in [1.54, 1.807) is 6.20 Å². The molecule has 4 aromatic rings. The fraction of sp³-hybridized carbons (Fsp3) is 0.125. The smallest absolute Gasteiger partial charge is 0.229 e. The van der Waals surface area contributed by atoms with E-state index in [1.165, 1.54) is 0 Å². The Bertz CT molecular complexity index is 1300. The van der Waals surface area contributed by atoms with Gasteiger partial charge in [-0.15, -0.1) is 0 Å². The third kappa shape index (κ3) is 5.41. The van der Waals surface area contributed by atoms with Crippen LogP contribution in [0.5, 0.6) is 0 Å². The second-order valence-corrected chi connectivity index (χ2v) is 7.73. The number of guanidine groups is 1. The number of aryl methyl sites for hydroxylation is 3. The van der Waals surface area contributed by atoms with Crippen LogP contribution in [0, 0.1) is 20.8 Å². The highest BCUT2D eigenvalue weighted by Crippen LogP contribution is 2.17. The largest absolute Gasteiger partial charge is 0.331 e. The number of hydrogen-bond acceptors (Lipinski definition) is 4. The lowest BCUT2D eigenvalue weighted by atomic mass is 10.2. The second-order valence-electron chi connectivity index (χ2n) is 7.35. The summed E-state index contributed by atoms with van der Waals surface area (Å²) < 4.78 is 0. The van der Waals surface area contributed by atoms with Crippen molar-refractivity contribution in [3.63, 3.8) is 0 Å². The molecule has 4 rings (SSSR count). The molecule has 0 spiro atoms. The number of para-hydroxylation sites is 2. The van der Waals surface area contributed by atoms with Crippen molar-refractivity contribution in [1.82, 2.24) is 15.0 Å². The lowest BCUT2D eigenvalue weighted by Gasteiger charge is -2.14. The standard InChI is InChI=1S/C24H23N7S/c1-15-8-4-6-10-20(15)29-24(32)31-23(30-22-26-16(2)12-17(3)27-22)28-19-13-18-9-5-7-11-21(18)25-14-19/h4-14H,1-3H3,(H3,26,27,28,29,30,31,32). The maximum atomic E-state index is 5.50. The molecule has 8 heteroatoms. The van der Waals surface area contributed by atoms with Gasteiger partial charge in [0.1, 0.15) is 0 Å². The Morgan fingerprint density at radius 3 is 2.34 bits per heavy atom. The van der Waals surface area contributed by atoms with Crippen molar-refractivity contribution >= 4 is 51.5 Å². The summed E-state index contributed by atoms with van der Waals surface area (Å²) in [6, 6.07) is 19.7. The summed E-state index contributed by atoms with van der Waals surface area (Å²) in [5.74, 6) is 0.819. The van der Waals surface area contributed by atoms with Crippen LogP contribution in [0.1, 0.15) is 17.0 Å². The lowest BCUT2D eigenvalue weighted by Crippen LogP contribution is -2.26. The molecule has 2 aromatic carbocycles. The fourth-order valence-corrected chi connectivity index (χ4v) is 3.41. The molecule has 32 heavy (non-hydrogen) atoms. The average Bonchev–Trinajstić information content (AvgIpc) is 2.74. The van der Waals surface area contributed by atoms with Crippen molar-refractivity contribution in [2.24, 2.45) is 4.99 Å². The zero-order chi connectivity index (χ0) is 22.5. The van der Waals surface area contributed by atoms with E-state index in [0.717, 1.165) is 39.2 Å². The number of aromatic nitrogens is 3. The predicted octanol–water partition coefficient (Wildman–Crippen LogP) is 5.23. The minimum absolute atomic E-state index is 0.299. The first-order valence-corrected chi connectivity index (χ1v) is 10.5. The van der Waals surface area contributed by atoms with Crippen LogP contribution in [0.4, 0.5) is 17.3 Å². The Kier molecular flexibility index (Phi) is 6.32. The molecule has 0 fully saturated rings. The second kappa shape index (κ2) is 9.49. The topological polar surface area (TPSA) is 87.1 Å². The molecule has 0 radical (unpaired) electrons. The van der Waals surface area contributed by atoms with Gasteiger partial charge in [0, 0.05) is 22.5 Å². The molecular weight excluding hydrogens is 418 g/mol. The van der Waals surface area contributed by atoms with E-state index in [1.807, 2.05) is 81.4 Å². The summed E-state index contributed by atoms with van der Waals surface area (Å²) in [5.41, 5.74) is 5.36. The Labute approximate surface area is 192 Å². The quantitative estimate of drug-likeness (QED) is 0.228. The number of nitrogens with zero attached hydrogens (tertiary/aromatic N) is 4. The Morgan fingerprint density at radius 2 is 1.56 bits per heavy atom. The van der Waals surface area contributed by atoms with Crippen LogP contribution < -0.4 is 16.0 Å². The van der Waals surface area contributed by atoms with Crippen LogP contribution in [0.25, 0.3) is 10.9 Å². The van der Waals surface area contributed by atoms with Crippen LogP contribution in [-0.4, -0.2) is 26.0 Å². The Morgan fingerprint density at radius 1 is 0.844 bits per heavy atom. The van der Waals surface area contributed by atoms with E-state index in [0.29, 0.717) is 17.0 Å². The van der Waals surface area contributed by atoms with E-state index in [-0.39, 0.29) is 0 Å². The number of rotatable bonds is 3. The number of anilines is 3. The van der Waals surface area contributed by atoms with E-state index in [4.69, 9.17) is 12.2 Å². The molecule has 160 valence electrons.